The molecule has 0 bridgehead atoms. The van der Waals surface area contributed by atoms with E-state index in [9.17, 15) is 9.59 Å². The molecule has 0 saturated carbocycles. The van der Waals surface area contributed by atoms with Crippen molar-refractivity contribution in [3.8, 4) is 0 Å². The van der Waals surface area contributed by atoms with Gasteiger partial charge in [0.25, 0.3) is 9.70 Å². The molecule has 0 spiro atoms. The van der Waals surface area contributed by atoms with E-state index < -0.39 is 9.70 Å². The van der Waals surface area contributed by atoms with Gasteiger partial charge in [0.2, 0.25) is 5.91 Å². The SMILES string of the molecule is CC(=O)Nc1ccc2nc(NC(=O)C(Cl)(Cl)Cl)sc2c1. The standard InChI is InChI=1S/C11H8Cl3N3O2S/c1-5(18)15-6-2-3-7-8(4-6)20-10(16-7)17-9(19)11(12,13)14/h2-4H,1H3,(H,15,18)(H,16,17,19). The zero-order valence-electron chi connectivity index (χ0n) is 10.0. The Kier molecular flexibility index (Phi) is 4.39. The van der Waals surface area contributed by atoms with Crippen LogP contribution in [-0.4, -0.2) is 20.6 Å². The van der Waals surface area contributed by atoms with Gasteiger partial charge in [-0.05, 0) is 18.2 Å². The third-order valence-electron chi connectivity index (χ3n) is 2.19. The number of fused-ring (bicyclic) bond motifs is 1. The molecule has 0 radical (unpaired) electrons. The van der Waals surface area contributed by atoms with E-state index in [2.05, 4.69) is 15.6 Å². The number of benzene rings is 1. The molecule has 1 aromatic heterocycles. The van der Waals surface area contributed by atoms with Crippen LogP contribution in [0.15, 0.2) is 18.2 Å². The Morgan fingerprint density at radius 2 is 1.95 bits per heavy atom. The Bertz CT molecular complexity index is 681. The number of nitrogens with one attached hydrogen (secondary N) is 2. The van der Waals surface area contributed by atoms with Crippen molar-refractivity contribution in [2.45, 2.75) is 10.7 Å². The molecule has 1 aromatic carbocycles. The van der Waals surface area contributed by atoms with Crippen LogP contribution in [0.3, 0.4) is 0 Å². The molecule has 2 aromatic rings. The van der Waals surface area contributed by atoms with Gasteiger partial charge in [-0.25, -0.2) is 4.98 Å². The maximum absolute atomic E-state index is 11.5. The summed E-state index contributed by atoms with van der Waals surface area (Å²) >= 11 is 17.6. The summed E-state index contributed by atoms with van der Waals surface area (Å²) in [7, 11) is 0. The number of carbonyl (C=O) groups is 2. The molecule has 20 heavy (non-hydrogen) atoms. The first-order valence-electron chi connectivity index (χ1n) is 5.32. The summed E-state index contributed by atoms with van der Waals surface area (Å²) in [5.74, 6) is -0.942. The molecule has 0 aliphatic carbocycles. The molecule has 9 heteroatoms. The number of halogens is 3. The van der Waals surface area contributed by atoms with Crippen LogP contribution in [0.25, 0.3) is 10.2 Å². The summed E-state index contributed by atoms with van der Waals surface area (Å²) in [5, 5.41) is 5.39. The van der Waals surface area contributed by atoms with Gasteiger partial charge >= 0.3 is 0 Å². The fourth-order valence-corrected chi connectivity index (χ4v) is 2.47. The second-order valence-electron chi connectivity index (χ2n) is 3.83. The van der Waals surface area contributed by atoms with Crippen molar-refractivity contribution in [3.05, 3.63) is 18.2 Å². The summed E-state index contributed by atoms with van der Waals surface area (Å²) in [6.07, 6.45) is 0. The van der Waals surface area contributed by atoms with Gasteiger partial charge in [-0.1, -0.05) is 46.1 Å². The molecule has 0 fully saturated rings. The summed E-state index contributed by atoms with van der Waals surface area (Å²) in [6, 6.07) is 5.19. The molecule has 0 aliphatic rings. The molecule has 5 nitrogen and oxygen atoms in total. The molecule has 1 heterocycles. The van der Waals surface area contributed by atoms with Crippen LogP contribution in [0, 0.1) is 0 Å². The second kappa shape index (κ2) is 5.73. The first-order valence-corrected chi connectivity index (χ1v) is 7.27. The van der Waals surface area contributed by atoms with Crippen molar-refractivity contribution in [3.63, 3.8) is 0 Å². The Balaban J connectivity index is 2.25. The lowest BCUT2D eigenvalue weighted by Gasteiger charge is -2.08. The number of amides is 2. The van der Waals surface area contributed by atoms with Crippen LogP contribution >= 0.6 is 46.1 Å². The summed E-state index contributed by atoms with van der Waals surface area (Å²) in [4.78, 5) is 26.7. The van der Waals surface area contributed by atoms with Crippen LogP contribution in [0.1, 0.15) is 6.92 Å². The largest absolute Gasteiger partial charge is 0.326 e. The van der Waals surface area contributed by atoms with Crippen molar-refractivity contribution in [2.24, 2.45) is 0 Å². The number of rotatable bonds is 2. The molecule has 2 amide bonds. The fourth-order valence-electron chi connectivity index (χ4n) is 1.43. The summed E-state index contributed by atoms with van der Waals surface area (Å²) in [5.41, 5.74) is 1.32. The van der Waals surface area contributed by atoms with E-state index in [-0.39, 0.29) is 5.91 Å². The minimum atomic E-state index is -2.04. The fraction of sp³-hybridized carbons (Fsp3) is 0.182. The van der Waals surface area contributed by atoms with Crippen LogP contribution in [0.5, 0.6) is 0 Å². The van der Waals surface area contributed by atoms with Crippen molar-refractivity contribution < 1.29 is 9.59 Å². The minimum Gasteiger partial charge on any atom is -0.326 e. The monoisotopic (exact) mass is 351 g/mol. The molecule has 0 unspecified atom stereocenters. The summed E-state index contributed by atoms with van der Waals surface area (Å²) in [6.45, 7) is 1.42. The second-order valence-corrected chi connectivity index (χ2v) is 7.15. The average molecular weight is 353 g/mol. The van der Waals surface area contributed by atoms with E-state index >= 15 is 0 Å². The summed E-state index contributed by atoms with van der Waals surface area (Å²) < 4.78 is -1.25. The van der Waals surface area contributed by atoms with Gasteiger partial charge in [-0.2, -0.15) is 0 Å². The zero-order valence-corrected chi connectivity index (χ0v) is 13.1. The molecule has 106 valence electrons. The number of thiazole rings is 1. The van der Waals surface area contributed by atoms with E-state index in [0.717, 1.165) is 4.70 Å². The van der Waals surface area contributed by atoms with Crippen LogP contribution in [0.2, 0.25) is 0 Å². The molecule has 0 aliphatic heterocycles. The number of hydrogen-bond acceptors (Lipinski definition) is 4. The van der Waals surface area contributed by atoms with Gasteiger partial charge in [-0.3, -0.25) is 14.9 Å². The Morgan fingerprint density at radius 1 is 1.25 bits per heavy atom. The predicted octanol–water partition coefficient (Wildman–Crippen LogP) is 3.56. The van der Waals surface area contributed by atoms with E-state index in [1.165, 1.54) is 18.3 Å². The highest BCUT2D eigenvalue weighted by Crippen LogP contribution is 2.31. The Hall–Kier alpha value is -1.08. The topological polar surface area (TPSA) is 71.1 Å². The first kappa shape index (κ1) is 15.3. The third-order valence-corrected chi connectivity index (χ3v) is 3.64. The van der Waals surface area contributed by atoms with Gasteiger partial charge in [0.15, 0.2) is 5.13 Å². The smallest absolute Gasteiger partial charge is 0.278 e. The van der Waals surface area contributed by atoms with E-state index in [1.807, 2.05) is 0 Å². The molecule has 0 atom stereocenters. The number of alkyl halides is 3. The van der Waals surface area contributed by atoms with Gasteiger partial charge in [0.1, 0.15) is 0 Å². The lowest BCUT2D eigenvalue weighted by molar-refractivity contribution is -0.115. The highest BCUT2D eigenvalue weighted by Gasteiger charge is 2.31. The van der Waals surface area contributed by atoms with Crippen molar-refractivity contribution in [1.29, 1.82) is 0 Å². The average Bonchev–Trinajstić information content (AvgIpc) is 2.68. The third kappa shape index (κ3) is 3.73. The minimum absolute atomic E-state index is 0.168. The predicted molar refractivity (Wildman–Crippen MR) is 82.8 cm³/mol. The van der Waals surface area contributed by atoms with Crippen LogP contribution in [-0.2, 0) is 9.59 Å². The first-order chi connectivity index (χ1) is 9.25. The zero-order chi connectivity index (χ0) is 14.9. The maximum atomic E-state index is 11.5. The number of aromatic nitrogens is 1. The Morgan fingerprint density at radius 3 is 2.55 bits per heavy atom. The highest BCUT2D eigenvalue weighted by atomic mass is 35.6. The number of anilines is 2. The van der Waals surface area contributed by atoms with Gasteiger partial charge in [0, 0.05) is 12.6 Å². The van der Waals surface area contributed by atoms with Gasteiger partial charge < -0.3 is 5.32 Å². The normalized spacial score (nSPS) is 11.4. The Labute approximate surface area is 133 Å². The van der Waals surface area contributed by atoms with E-state index in [0.29, 0.717) is 16.3 Å². The van der Waals surface area contributed by atoms with Crippen molar-refractivity contribution >= 4 is 79.0 Å². The molecule has 2 N–H and O–H groups in total. The van der Waals surface area contributed by atoms with Crippen molar-refractivity contribution in [1.82, 2.24) is 4.98 Å². The van der Waals surface area contributed by atoms with Crippen LogP contribution in [0.4, 0.5) is 10.8 Å². The number of carbonyl (C=O) groups excluding carboxylic acids is 2. The van der Waals surface area contributed by atoms with Gasteiger partial charge in [0.05, 0.1) is 10.2 Å². The highest BCUT2D eigenvalue weighted by molar-refractivity contribution is 7.22. The quantitative estimate of drug-likeness (QED) is 0.812. The number of nitrogens with zero attached hydrogens (tertiary/aromatic N) is 1. The van der Waals surface area contributed by atoms with Crippen molar-refractivity contribution in [2.75, 3.05) is 10.6 Å². The molecular weight excluding hydrogens is 345 g/mol. The van der Waals surface area contributed by atoms with Gasteiger partial charge in [-0.15, -0.1) is 0 Å². The van der Waals surface area contributed by atoms with Crippen LogP contribution < -0.4 is 10.6 Å². The molecule has 2 rings (SSSR count). The maximum Gasteiger partial charge on any atom is 0.278 e. The lowest BCUT2D eigenvalue weighted by Crippen LogP contribution is -2.26. The van der Waals surface area contributed by atoms with E-state index in [1.54, 1.807) is 18.2 Å². The molecule has 0 saturated heterocycles. The van der Waals surface area contributed by atoms with E-state index in [4.69, 9.17) is 34.8 Å². The number of hydrogen-bond donors (Lipinski definition) is 2. The lowest BCUT2D eigenvalue weighted by atomic mass is 10.3. The molecular formula is C11H8Cl3N3O2S.